The van der Waals surface area contributed by atoms with Crippen molar-refractivity contribution in [2.24, 2.45) is 5.92 Å². The average Bonchev–Trinajstić information content (AvgIpc) is 3.46. The molecule has 2 heterocycles. The molecule has 0 atom stereocenters. The highest BCUT2D eigenvalue weighted by molar-refractivity contribution is 7.17. The molecule has 2 N–H and O–H groups in total. The van der Waals surface area contributed by atoms with E-state index >= 15 is 0 Å². The van der Waals surface area contributed by atoms with E-state index in [-0.39, 0.29) is 17.7 Å². The number of ether oxygens (including phenoxy) is 1. The van der Waals surface area contributed by atoms with Crippen LogP contribution in [-0.4, -0.2) is 11.8 Å². The van der Waals surface area contributed by atoms with Gasteiger partial charge in [-0.15, -0.1) is 11.3 Å². The first-order chi connectivity index (χ1) is 13.7. The van der Waals surface area contributed by atoms with Crippen LogP contribution < -0.4 is 15.4 Å². The maximum absolute atomic E-state index is 12.8. The molecular weight excluding hydrogens is 372 g/mol. The van der Waals surface area contributed by atoms with Gasteiger partial charge in [0.2, 0.25) is 5.91 Å². The quantitative estimate of drug-likeness (QED) is 0.665. The molecule has 140 valence electrons. The van der Waals surface area contributed by atoms with Gasteiger partial charge in [0, 0.05) is 33.3 Å². The van der Waals surface area contributed by atoms with Crippen molar-refractivity contribution < 1.29 is 14.3 Å². The number of benzene rings is 2. The largest absolute Gasteiger partial charge is 0.488 e. The number of amides is 2. The molecule has 1 aliphatic carbocycles. The van der Waals surface area contributed by atoms with Gasteiger partial charge in [0.05, 0.1) is 4.88 Å². The van der Waals surface area contributed by atoms with Gasteiger partial charge in [-0.2, -0.15) is 0 Å². The Morgan fingerprint density at radius 1 is 0.964 bits per heavy atom. The molecule has 1 aliphatic heterocycles. The maximum atomic E-state index is 12.8. The third-order valence-corrected chi connectivity index (χ3v) is 6.09. The van der Waals surface area contributed by atoms with Gasteiger partial charge in [-0.3, -0.25) is 9.59 Å². The molecule has 1 aromatic heterocycles. The lowest BCUT2D eigenvalue weighted by molar-refractivity contribution is -0.117. The molecule has 6 heteroatoms. The first-order valence-corrected chi connectivity index (χ1v) is 10.1. The molecule has 0 bridgehead atoms. The second-order valence-electron chi connectivity index (χ2n) is 7.05. The van der Waals surface area contributed by atoms with E-state index in [4.69, 9.17) is 4.74 Å². The van der Waals surface area contributed by atoms with Crippen LogP contribution >= 0.6 is 11.3 Å². The summed E-state index contributed by atoms with van der Waals surface area (Å²) >= 11 is 1.47. The van der Waals surface area contributed by atoms with E-state index in [9.17, 15) is 9.59 Å². The monoisotopic (exact) mass is 390 g/mol. The number of thiophene rings is 1. The Hall–Kier alpha value is -3.12. The lowest BCUT2D eigenvalue weighted by Crippen LogP contribution is -2.14. The molecule has 1 saturated carbocycles. The van der Waals surface area contributed by atoms with Crippen molar-refractivity contribution in [2.45, 2.75) is 19.4 Å². The third-order valence-electron chi connectivity index (χ3n) is 4.88. The Labute approximate surface area is 166 Å². The summed E-state index contributed by atoms with van der Waals surface area (Å²) in [4.78, 5) is 26.4. The van der Waals surface area contributed by atoms with Crippen LogP contribution in [0, 0.1) is 5.92 Å². The van der Waals surface area contributed by atoms with Crippen molar-refractivity contribution >= 4 is 34.5 Å². The predicted molar refractivity (Wildman–Crippen MR) is 110 cm³/mol. The summed E-state index contributed by atoms with van der Waals surface area (Å²) in [6.45, 7) is 0.471. The molecule has 1 fully saturated rings. The van der Waals surface area contributed by atoms with E-state index in [2.05, 4.69) is 10.6 Å². The zero-order chi connectivity index (χ0) is 19.1. The van der Waals surface area contributed by atoms with Gasteiger partial charge in [-0.05, 0) is 49.2 Å². The van der Waals surface area contributed by atoms with E-state index in [1.54, 1.807) is 6.07 Å². The van der Waals surface area contributed by atoms with Gasteiger partial charge in [-0.1, -0.05) is 18.2 Å². The molecule has 0 radical (unpaired) electrons. The summed E-state index contributed by atoms with van der Waals surface area (Å²) in [6, 6.07) is 17.0. The molecule has 2 amide bonds. The summed E-state index contributed by atoms with van der Waals surface area (Å²) in [7, 11) is 0. The molecule has 5 nitrogen and oxygen atoms in total. The van der Waals surface area contributed by atoms with Crippen LogP contribution in [0.25, 0.3) is 10.4 Å². The highest BCUT2D eigenvalue weighted by atomic mass is 32.1. The molecule has 3 aromatic rings. The molecule has 0 spiro atoms. The Kier molecular flexibility index (Phi) is 4.13. The molecule has 2 aromatic carbocycles. The highest BCUT2D eigenvalue weighted by Crippen LogP contribution is 2.42. The maximum Gasteiger partial charge on any atom is 0.265 e. The van der Waals surface area contributed by atoms with Gasteiger partial charge < -0.3 is 15.4 Å². The minimum absolute atomic E-state index is 0.0491. The second kappa shape index (κ2) is 6.80. The first-order valence-electron chi connectivity index (χ1n) is 9.24. The topological polar surface area (TPSA) is 67.4 Å². The summed E-state index contributed by atoms with van der Waals surface area (Å²) in [6.07, 6.45) is 1.91. The van der Waals surface area contributed by atoms with Crippen molar-refractivity contribution in [3.8, 4) is 16.2 Å². The fraction of sp³-hybridized carbons (Fsp3) is 0.182. The van der Waals surface area contributed by atoms with Crippen LogP contribution in [0.2, 0.25) is 0 Å². The highest BCUT2D eigenvalue weighted by Gasteiger charge is 2.29. The second-order valence-corrected chi connectivity index (χ2v) is 8.10. The van der Waals surface area contributed by atoms with Crippen molar-refractivity contribution in [2.75, 3.05) is 10.6 Å². The number of carbonyl (C=O) groups is 2. The van der Waals surface area contributed by atoms with Crippen LogP contribution in [0.15, 0.2) is 54.6 Å². The average molecular weight is 390 g/mol. The normalized spacial score (nSPS) is 14.4. The smallest absolute Gasteiger partial charge is 0.265 e. The molecule has 2 aliphatic rings. The van der Waals surface area contributed by atoms with Gasteiger partial charge in [0.25, 0.3) is 5.91 Å². The summed E-state index contributed by atoms with van der Waals surface area (Å²) in [5.41, 5.74) is 3.40. The van der Waals surface area contributed by atoms with Crippen LogP contribution in [-0.2, 0) is 11.4 Å². The van der Waals surface area contributed by atoms with Crippen LogP contribution in [0.1, 0.15) is 28.1 Å². The molecular formula is C22H18N2O3S. The minimum Gasteiger partial charge on any atom is -0.488 e. The number of nitrogens with one attached hydrogen (secondary N) is 2. The summed E-state index contributed by atoms with van der Waals surface area (Å²) in [5.74, 6) is 0.874. The first kappa shape index (κ1) is 17.0. The number of fused-ring (bicyclic) bond motifs is 3. The third kappa shape index (κ3) is 3.27. The van der Waals surface area contributed by atoms with E-state index in [1.807, 2.05) is 48.5 Å². The minimum atomic E-state index is -0.164. The Bertz CT molecular complexity index is 1080. The number of rotatable bonds is 4. The van der Waals surface area contributed by atoms with Crippen molar-refractivity contribution in [1.29, 1.82) is 0 Å². The van der Waals surface area contributed by atoms with Crippen molar-refractivity contribution in [3.63, 3.8) is 0 Å². The van der Waals surface area contributed by atoms with Gasteiger partial charge in [-0.25, -0.2) is 0 Å². The Balaban J connectivity index is 1.34. The molecule has 5 rings (SSSR count). The van der Waals surface area contributed by atoms with E-state index in [1.165, 1.54) is 11.3 Å². The standard InChI is InChI=1S/C22H18N2O3S/c25-21(13-8-9-13)23-15-4-3-5-16(11-15)24-22(26)19-10-14-12-27-18-7-2-1-6-17(18)20(14)28-19/h1-7,10-11,13H,8-9,12H2,(H,23,25)(H,24,26). The zero-order valence-electron chi connectivity index (χ0n) is 15.0. The van der Waals surface area contributed by atoms with Gasteiger partial charge in [0.1, 0.15) is 12.4 Å². The van der Waals surface area contributed by atoms with Gasteiger partial charge >= 0.3 is 0 Å². The SMILES string of the molecule is O=C(Nc1cccc(NC(=O)C2CC2)c1)c1cc2c(s1)-c1ccccc1OC2. The molecule has 28 heavy (non-hydrogen) atoms. The fourth-order valence-corrected chi connectivity index (χ4v) is 4.36. The predicted octanol–water partition coefficient (Wildman–Crippen LogP) is 4.91. The Morgan fingerprint density at radius 2 is 1.75 bits per heavy atom. The molecule has 0 unspecified atom stereocenters. The zero-order valence-corrected chi connectivity index (χ0v) is 15.8. The lowest BCUT2D eigenvalue weighted by Gasteiger charge is -2.16. The number of carbonyl (C=O) groups excluding carboxylic acids is 2. The van der Waals surface area contributed by atoms with E-state index in [0.717, 1.165) is 34.6 Å². The Morgan fingerprint density at radius 3 is 2.57 bits per heavy atom. The van der Waals surface area contributed by atoms with Crippen LogP contribution in [0.3, 0.4) is 0 Å². The van der Waals surface area contributed by atoms with Crippen LogP contribution in [0.4, 0.5) is 11.4 Å². The van der Waals surface area contributed by atoms with Crippen molar-refractivity contribution in [3.05, 3.63) is 65.0 Å². The van der Waals surface area contributed by atoms with Crippen molar-refractivity contribution in [1.82, 2.24) is 0 Å². The summed E-state index contributed by atoms with van der Waals surface area (Å²) in [5, 5.41) is 5.83. The number of hydrogen-bond acceptors (Lipinski definition) is 4. The van der Waals surface area contributed by atoms with Gasteiger partial charge in [0.15, 0.2) is 0 Å². The number of para-hydroxylation sites is 1. The molecule has 0 saturated heterocycles. The van der Waals surface area contributed by atoms with E-state index < -0.39 is 0 Å². The fourth-order valence-electron chi connectivity index (χ4n) is 3.27. The lowest BCUT2D eigenvalue weighted by atomic mass is 10.1. The number of anilines is 2. The summed E-state index contributed by atoms with van der Waals surface area (Å²) < 4.78 is 5.77. The number of hydrogen-bond donors (Lipinski definition) is 2. The van der Waals surface area contributed by atoms with Crippen LogP contribution in [0.5, 0.6) is 5.75 Å². The van der Waals surface area contributed by atoms with E-state index in [0.29, 0.717) is 22.9 Å².